The zero-order valence-electron chi connectivity index (χ0n) is 8.63. The summed E-state index contributed by atoms with van der Waals surface area (Å²) in [5, 5.41) is 11.3. The molecular formula is C8H15NO6S. The van der Waals surface area contributed by atoms with Gasteiger partial charge in [0.25, 0.3) is 10.1 Å². The summed E-state index contributed by atoms with van der Waals surface area (Å²) < 4.78 is 33.8. The second-order valence-corrected chi connectivity index (χ2v) is 5.17. The highest BCUT2D eigenvalue weighted by Crippen LogP contribution is 2.23. The van der Waals surface area contributed by atoms with Gasteiger partial charge < -0.3 is 15.2 Å². The second-order valence-electron chi connectivity index (χ2n) is 3.59. The molecule has 0 saturated carbocycles. The largest absolute Gasteiger partial charge is 0.366 e. The molecule has 1 fully saturated rings. The summed E-state index contributed by atoms with van der Waals surface area (Å²) in [4.78, 5) is 11.1. The van der Waals surface area contributed by atoms with Crippen LogP contribution in [0.3, 0.4) is 0 Å². The Labute approximate surface area is 93.5 Å². The first-order valence-corrected chi connectivity index (χ1v) is 6.55. The van der Waals surface area contributed by atoms with Crippen molar-refractivity contribution in [2.75, 3.05) is 12.3 Å². The van der Waals surface area contributed by atoms with Crippen molar-refractivity contribution in [2.24, 2.45) is 0 Å². The van der Waals surface area contributed by atoms with Crippen LogP contribution in [0.2, 0.25) is 0 Å². The van der Waals surface area contributed by atoms with E-state index in [0.717, 1.165) is 0 Å². The predicted octanol–water partition coefficient (Wildman–Crippen LogP) is -1.12. The van der Waals surface area contributed by atoms with Crippen molar-refractivity contribution in [3.05, 3.63) is 0 Å². The molecule has 1 heterocycles. The Bertz CT molecular complexity index is 340. The highest BCUT2D eigenvalue weighted by atomic mass is 32.2. The third kappa shape index (κ3) is 6.01. The molecule has 2 atom stereocenters. The molecule has 0 aromatic heterocycles. The van der Waals surface area contributed by atoms with Gasteiger partial charge >= 0.3 is 0 Å². The number of aliphatic hydroxyl groups excluding tert-OH is 1. The summed E-state index contributed by atoms with van der Waals surface area (Å²) in [6, 6.07) is 0. The van der Waals surface area contributed by atoms with Crippen LogP contribution >= 0.6 is 0 Å². The molecule has 8 heteroatoms. The van der Waals surface area contributed by atoms with Crippen LogP contribution in [0.1, 0.15) is 19.3 Å². The Morgan fingerprint density at radius 3 is 2.56 bits per heavy atom. The van der Waals surface area contributed by atoms with Gasteiger partial charge in [0.1, 0.15) is 6.10 Å². The molecule has 1 aliphatic heterocycles. The van der Waals surface area contributed by atoms with Crippen LogP contribution in [-0.2, 0) is 19.6 Å². The van der Waals surface area contributed by atoms with Crippen LogP contribution in [0.4, 0.5) is 0 Å². The maximum absolute atomic E-state index is 11.1. The summed E-state index contributed by atoms with van der Waals surface area (Å²) >= 11 is 0. The fourth-order valence-corrected chi connectivity index (χ4v) is 1.70. The molecule has 0 aromatic rings. The Hall–Kier alpha value is -0.700. The van der Waals surface area contributed by atoms with Crippen molar-refractivity contribution in [3.63, 3.8) is 0 Å². The maximum Gasteiger partial charge on any atom is 0.264 e. The molecule has 7 nitrogen and oxygen atoms in total. The highest BCUT2D eigenvalue weighted by molar-refractivity contribution is 7.85. The Morgan fingerprint density at radius 2 is 2.06 bits per heavy atom. The van der Waals surface area contributed by atoms with E-state index in [1.165, 1.54) is 0 Å². The summed E-state index contributed by atoms with van der Waals surface area (Å²) in [5.41, 5.74) is 0. The molecule has 0 aromatic carbocycles. The van der Waals surface area contributed by atoms with Gasteiger partial charge in [0.15, 0.2) is 6.29 Å². The second kappa shape index (κ2) is 5.58. The number of epoxide rings is 1. The number of nitrogens with one attached hydrogen (secondary N) is 1. The molecule has 1 saturated heterocycles. The van der Waals surface area contributed by atoms with E-state index in [-0.39, 0.29) is 37.2 Å². The van der Waals surface area contributed by atoms with E-state index in [2.05, 4.69) is 5.32 Å². The monoisotopic (exact) mass is 253 g/mol. The van der Waals surface area contributed by atoms with Crippen molar-refractivity contribution < 1.29 is 27.6 Å². The SMILES string of the molecule is O=C(CCC1O[C@H]1O)NCCCS(=O)(=O)O. The highest BCUT2D eigenvalue weighted by Gasteiger charge is 2.36. The topological polar surface area (TPSA) is 116 Å². The molecule has 1 aliphatic rings. The number of rotatable bonds is 7. The standard InChI is InChI=1S/C8H15NO6S/c10-7(3-2-6-8(11)15-6)9-4-1-5-16(12,13)14/h6,8,11H,1-5H2,(H,9,10)(H,12,13,14)/t6?,8-/m1/s1. The number of hydrogen-bond donors (Lipinski definition) is 3. The van der Waals surface area contributed by atoms with E-state index in [4.69, 9.17) is 14.4 Å². The fourth-order valence-electron chi connectivity index (χ4n) is 1.19. The average molecular weight is 253 g/mol. The fraction of sp³-hybridized carbons (Fsp3) is 0.875. The van der Waals surface area contributed by atoms with Crippen molar-refractivity contribution in [3.8, 4) is 0 Å². The van der Waals surface area contributed by atoms with Gasteiger partial charge in [-0.15, -0.1) is 0 Å². The smallest absolute Gasteiger partial charge is 0.264 e. The zero-order chi connectivity index (χ0) is 12.2. The predicted molar refractivity (Wildman–Crippen MR) is 54.2 cm³/mol. The Kier molecular flexibility index (Phi) is 4.66. The van der Waals surface area contributed by atoms with E-state index in [1.807, 2.05) is 0 Å². The molecule has 0 bridgehead atoms. The van der Waals surface area contributed by atoms with Gasteiger partial charge in [-0.25, -0.2) is 0 Å². The van der Waals surface area contributed by atoms with Gasteiger partial charge in [-0.05, 0) is 12.8 Å². The van der Waals surface area contributed by atoms with Crippen molar-refractivity contribution in [1.29, 1.82) is 0 Å². The first-order chi connectivity index (χ1) is 7.38. The molecule has 16 heavy (non-hydrogen) atoms. The number of carbonyl (C=O) groups excluding carboxylic acids is 1. The minimum absolute atomic E-state index is 0.174. The summed E-state index contributed by atoms with van der Waals surface area (Å²) in [6.07, 6.45) is -0.137. The lowest BCUT2D eigenvalue weighted by Crippen LogP contribution is -2.26. The molecule has 94 valence electrons. The van der Waals surface area contributed by atoms with Gasteiger partial charge in [0.2, 0.25) is 5.91 Å². The van der Waals surface area contributed by atoms with Gasteiger partial charge in [-0.2, -0.15) is 8.42 Å². The van der Waals surface area contributed by atoms with Gasteiger partial charge in [0.05, 0.1) is 5.75 Å². The molecule has 0 spiro atoms. The van der Waals surface area contributed by atoms with E-state index >= 15 is 0 Å². The molecule has 1 amide bonds. The minimum atomic E-state index is -3.95. The Morgan fingerprint density at radius 1 is 1.44 bits per heavy atom. The van der Waals surface area contributed by atoms with Gasteiger partial charge in [-0.1, -0.05) is 0 Å². The molecule has 3 N–H and O–H groups in total. The van der Waals surface area contributed by atoms with Crippen molar-refractivity contribution in [1.82, 2.24) is 5.32 Å². The van der Waals surface area contributed by atoms with Crippen LogP contribution in [0.25, 0.3) is 0 Å². The van der Waals surface area contributed by atoms with Crippen molar-refractivity contribution in [2.45, 2.75) is 31.7 Å². The van der Waals surface area contributed by atoms with E-state index < -0.39 is 16.4 Å². The van der Waals surface area contributed by atoms with E-state index in [0.29, 0.717) is 6.42 Å². The Balaban J connectivity index is 1.98. The van der Waals surface area contributed by atoms with Crippen molar-refractivity contribution >= 4 is 16.0 Å². The first-order valence-electron chi connectivity index (χ1n) is 4.94. The molecule has 0 radical (unpaired) electrons. The minimum Gasteiger partial charge on any atom is -0.366 e. The van der Waals surface area contributed by atoms with Crippen LogP contribution in [0.15, 0.2) is 0 Å². The van der Waals surface area contributed by atoms with E-state index in [9.17, 15) is 13.2 Å². The third-order valence-electron chi connectivity index (χ3n) is 2.11. The number of amides is 1. The lowest BCUT2D eigenvalue weighted by molar-refractivity contribution is -0.121. The van der Waals surface area contributed by atoms with Crippen LogP contribution in [0, 0.1) is 0 Å². The molecule has 0 aliphatic carbocycles. The number of carbonyl (C=O) groups is 1. The van der Waals surface area contributed by atoms with Gasteiger partial charge in [0, 0.05) is 13.0 Å². The maximum atomic E-state index is 11.1. The number of aliphatic hydroxyl groups is 1. The summed E-state index contributed by atoms with van der Waals surface area (Å²) in [6.45, 7) is 0.201. The van der Waals surface area contributed by atoms with Crippen LogP contribution in [-0.4, -0.2) is 48.7 Å². The molecule has 1 unspecified atom stereocenters. The normalized spacial score (nSPS) is 24.1. The van der Waals surface area contributed by atoms with Crippen LogP contribution < -0.4 is 5.32 Å². The lowest BCUT2D eigenvalue weighted by Gasteiger charge is -2.03. The molecule has 1 rings (SSSR count). The van der Waals surface area contributed by atoms with Gasteiger partial charge in [-0.3, -0.25) is 9.35 Å². The quantitative estimate of drug-likeness (QED) is 0.300. The third-order valence-corrected chi connectivity index (χ3v) is 2.92. The number of hydrogen-bond acceptors (Lipinski definition) is 5. The first kappa shape index (κ1) is 13.4. The lowest BCUT2D eigenvalue weighted by atomic mass is 10.2. The summed E-state index contributed by atoms with van der Waals surface area (Å²) in [7, 11) is -3.95. The number of ether oxygens (including phenoxy) is 1. The van der Waals surface area contributed by atoms with E-state index in [1.54, 1.807) is 0 Å². The molecular weight excluding hydrogens is 238 g/mol. The summed E-state index contributed by atoms with van der Waals surface area (Å²) in [5.74, 6) is -0.587. The zero-order valence-corrected chi connectivity index (χ0v) is 9.44. The van der Waals surface area contributed by atoms with Crippen LogP contribution in [0.5, 0.6) is 0 Å². The average Bonchev–Trinajstić information content (AvgIpc) is 2.85.